The number of alkyl halides is 3. The number of amides is 1. The normalized spacial score (nSPS) is 15.7. The fraction of sp³-hybridized carbons (Fsp3) is 0.368. The smallest absolute Gasteiger partial charge is 0.367 e. The third-order valence-electron chi connectivity index (χ3n) is 4.50. The van der Waals surface area contributed by atoms with E-state index in [1.54, 1.807) is 11.1 Å². The summed E-state index contributed by atoms with van der Waals surface area (Å²) in [5, 5.41) is 3.35. The Labute approximate surface area is 150 Å². The molecule has 0 bridgehead atoms. The van der Waals surface area contributed by atoms with Crippen LogP contribution in [0.3, 0.4) is 0 Å². The van der Waals surface area contributed by atoms with E-state index in [9.17, 15) is 18.0 Å². The molecule has 2 aromatic rings. The Morgan fingerprint density at radius 3 is 2.38 bits per heavy atom. The number of rotatable bonds is 4. The van der Waals surface area contributed by atoms with Crippen LogP contribution in [0.2, 0.25) is 0 Å². The lowest BCUT2D eigenvalue weighted by molar-refractivity contribution is -0.137. The monoisotopic (exact) mass is 363 g/mol. The van der Waals surface area contributed by atoms with Gasteiger partial charge < -0.3 is 10.2 Å². The lowest BCUT2D eigenvalue weighted by atomic mass is 10.0. The summed E-state index contributed by atoms with van der Waals surface area (Å²) in [5.74, 6) is 0.767. The lowest BCUT2D eigenvalue weighted by Crippen LogP contribution is -2.43. The van der Waals surface area contributed by atoms with E-state index in [4.69, 9.17) is 0 Å². The van der Waals surface area contributed by atoms with E-state index in [1.165, 1.54) is 12.1 Å². The van der Waals surface area contributed by atoms with Crippen LogP contribution in [-0.2, 0) is 17.4 Å². The first-order chi connectivity index (χ1) is 12.4. The lowest BCUT2D eigenvalue weighted by Gasteiger charge is -2.32. The van der Waals surface area contributed by atoms with Crippen molar-refractivity contribution in [1.82, 2.24) is 9.88 Å². The van der Waals surface area contributed by atoms with Crippen molar-refractivity contribution in [3.8, 4) is 0 Å². The Bertz CT molecular complexity index is 724. The van der Waals surface area contributed by atoms with Crippen LogP contribution in [-0.4, -0.2) is 34.9 Å². The Balaban J connectivity index is 1.49. The molecule has 0 radical (unpaired) electrons. The van der Waals surface area contributed by atoms with Crippen LogP contribution in [0.4, 0.5) is 19.0 Å². The van der Waals surface area contributed by atoms with Gasteiger partial charge in [-0.25, -0.2) is 4.98 Å². The van der Waals surface area contributed by atoms with Gasteiger partial charge in [-0.2, -0.15) is 13.2 Å². The first-order valence-electron chi connectivity index (χ1n) is 8.53. The molecule has 1 N–H and O–H groups in total. The minimum absolute atomic E-state index is 0.0546. The highest BCUT2D eigenvalue weighted by Crippen LogP contribution is 2.29. The summed E-state index contributed by atoms with van der Waals surface area (Å²) in [7, 11) is 0. The van der Waals surface area contributed by atoms with Crippen molar-refractivity contribution >= 4 is 11.7 Å². The number of nitrogens with zero attached hydrogens (tertiary/aromatic N) is 2. The molecule has 0 aliphatic carbocycles. The van der Waals surface area contributed by atoms with E-state index in [0.717, 1.165) is 30.8 Å². The number of halogens is 3. The van der Waals surface area contributed by atoms with Crippen LogP contribution >= 0.6 is 0 Å². The number of nitrogens with one attached hydrogen (secondary N) is 1. The molecule has 1 amide bonds. The molecule has 26 heavy (non-hydrogen) atoms. The van der Waals surface area contributed by atoms with Crippen LogP contribution in [0.15, 0.2) is 48.7 Å². The third-order valence-corrected chi connectivity index (χ3v) is 4.50. The van der Waals surface area contributed by atoms with Gasteiger partial charge in [0.2, 0.25) is 5.91 Å². The SMILES string of the molecule is O=C(Cc1ccc(C(F)(F)F)cc1)N1CCC(Nc2ccccn2)CC1. The zero-order valence-corrected chi connectivity index (χ0v) is 14.2. The topological polar surface area (TPSA) is 45.2 Å². The van der Waals surface area contributed by atoms with E-state index >= 15 is 0 Å². The number of piperidine rings is 1. The molecule has 138 valence electrons. The molecule has 3 rings (SSSR count). The molecule has 0 spiro atoms. The van der Waals surface area contributed by atoms with Crippen LogP contribution in [0.1, 0.15) is 24.0 Å². The Morgan fingerprint density at radius 2 is 1.81 bits per heavy atom. The van der Waals surface area contributed by atoms with Crippen LogP contribution in [0.25, 0.3) is 0 Å². The molecule has 2 heterocycles. The van der Waals surface area contributed by atoms with E-state index < -0.39 is 11.7 Å². The molecule has 1 aliphatic rings. The second kappa shape index (κ2) is 7.76. The zero-order chi connectivity index (χ0) is 18.6. The molecule has 1 aliphatic heterocycles. The summed E-state index contributed by atoms with van der Waals surface area (Å²) in [6.45, 7) is 1.26. The largest absolute Gasteiger partial charge is 0.416 e. The summed E-state index contributed by atoms with van der Waals surface area (Å²) in [5.41, 5.74) is -0.105. The van der Waals surface area contributed by atoms with Gasteiger partial charge in [-0.1, -0.05) is 18.2 Å². The summed E-state index contributed by atoms with van der Waals surface area (Å²) in [4.78, 5) is 18.4. The number of carbonyl (C=O) groups excluding carboxylic acids is 1. The van der Waals surface area contributed by atoms with E-state index in [0.29, 0.717) is 18.7 Å². The molecular weight excluding hydrogens is 343 g/mol. The summed E-state index contributed by atoms with van der Waals surface area (Å²) < 4.78 is 37.7. The molecule has 1 fully saturated rings. The fourth-order valence-electron chi connectivity index (χ4n) is 3.03. The number of aromatic nitrogens is 1. The summed E-state index contributed by atoms with van der Waals surface area (Å²) in [6, 6.07) is 10.7. The Hall–Kier alpha value is -2.57. The average Bonchev–Trinajstić information content (AvgIpc) is 2.63. The van der Waals surface area contributed by atoms with Gasteiger partial charge in [0.1, 0.15) is 5.82 Å². The molecule has 4 nitrogen and oxygen atoms in total. The maximum atomic E-state index is 12.6. The highest BCUT2D eigenvalue weighted by atomic mass is 19.4. The van der Waals surface area contributed by atoms with Gasteiger partial charge in [0.25, 0.3) is 0 Å². The Morgan fingerprint density at radius 1 is 1.12 bits per heavy atom. The molecule has 1 aromatic heterocycles. The second-order valence-corrected chi connectivity index (χ2v) is 6.39. The maximum absolute atomic E-state index is 12.6. The van der Waals surface area contributed by atoms with Gasteiger partial charge in [0.05, 0.1) is 12.0 Å². The van der Waals surface area contributed by atoms with Crippen LogP contribution in [0, 0.1) is 0 Å². The van der Waals surface area contributed by atoms with Gasteiger partial charge in [-0.05, 0) is 42.7 Å². The molecule has 0 atom stereocenters. The molecule has 1 saturated heterocycles. The van der Waals surface area contributed by atoms with Gasteiger partial charge in [-0.3, -0.25) is 4.79 Å². The molecule has 1 aromatic carbocycles. The molecule has 7 heteroatoms. The van der Waals surface area contributed by atoms with Crippen LogP contribution < -0.4 is 5.32 Å². The number of anilines is 1. The summed E-state index contributed by atoms with van der Waals surface area (Å²) >= 11 is 0. The first kappa shape index (κ1) is 18.2. The first-order valence-corrected chi connectivity index (χ1v) is 8.53. The molecule has 0 unspecified atom stereocenters. The highest BCUT2D eigenvalue weighted by Gasteiger charge is 2.30. The van der Waals surface area contributed by atoms with Crippen LogP contribution in [0.5, 0.6) is 0 Å². The van der Waals surface area contributed by atoms with Crippen molar-refractivity contribution in [1.29, 1.82) is 0 Å². The van der Waals surface area contributed by atoms with Crippen molar-refractivity contribution in [3.05, 3.63) is 59.8 Å². The molecular formula is C19H20F3N3O. The van der Waals surface area contributed by atoms with Crippen molar-refractivity contribution < 1.29 is 18.0 Å². The maximum Gasteiger partial charge on any atom is 0.416 e. The van der Waals surface area contributed by atoms with Gasteiger partial charge in [-0.15, -0.1) is 0 Å². The second-order valence-electron chi connectivity index (χ2n) is 6.39. The van der Waals surface area contributed by atoms with Crippen molar-refractivity contribution in [3.63, 3.8) is 0 Å². The number of carbonyl (C=O) groups is 1. The predicted octanol–water partition coefficient (Wildman–Crippen LogP) is 3.75. The number of hydrogen-bond acceptors (Lipinski definition) is 3. The average molecular weight is 363 g/mol. The van der Waals surface area contributed by atoms with E-state index in [1.807, 2.05) is 18.2 Å². The predicted molar refractivity (Wildman–Crippen MR) is 92.6 cm³/mol. The highest BCUT2D eigenvalue weighted by molar-refractivity contribution is 5.78. The summed E-state index contributed by atoms with van der Waals surface area (Å²) in [6.07, 6.45) is -0.878. The van der Waals surface area contributed by atoms with Crippen molar-refractivity contribution in [2.75, 3.05) is 18.4 Å². The van der Waals surface area contributed by atoms with E-state index in [2.05, 4.69) is 10.3 Å². The zero-order valence-electron chi connectivity index (χ0n) is 14.2. The third kappa shape index (κ3) is 4.74. The van der Waals surface area contributed by atoms with E-state index in [-0.39, 0.29) is 18.4 Å². The van der Waals surface area contributed by atoms with Crippen molar-refractivity contribution in [2.45, 2.75) is 31.5 Å². The van der Waals surface area contributed by atoms with Gasteiger partial charge >= 0.3 is 6.18 Å². The standard InChI is InChI=1S/C19H20F3N3O/c20-19(21,22)15-6-4-14(5-7-15)13-18(26)25-11-8-16(9-12-25)24-17-3-1-2-10-23-17/h1-7,10,16H,8-9,11-13H2,(H,23,24). The Kier molecular flexibility index (Phi) is 5.44. The number of likely N-dealkylation sites (tertiary alicyclic amines) is 1. The van der Waals surface area contributed by atoms with Crippen molar-refractivity contribution in [2.24, 2.45) is 0 Å². The number of pyridine rings is 1. The fourth-order valence-corrected chi connectivity index (χ4v) is 3.03. The quantitative estimate of drug-likeness (QED) is 0.900. The van der Waals surface area contributed by atoms with Gasteiger partial charge in [0.15, 0.2) is 0 Å². The van der Waals surface area contributed by atoms with Gasteiger partial charge in [0, 0.05) is 25.3 Å². The number of benzene rings is 1. The minimum atomic E-state index is -4.36. The number of hydrogen-bond donors (Lipinski definition) is 1. The minimum Gasteiger partial charge on any atom is -0.367 e. The molecule has 0 saturated carbocycles.